The van der Waals surface area contributed by atoms with Gasteiger partial charge in [0.25, 0.3) is 0 Å². The Hall–Kier alpha value is -1.97. The fourth-order valence-corrected chi connectivity index (χ4v) is 7.64. The molecule has 36 heavy (non-hydrogen) atoms. The first kappa shape index (κ1) is 27.1. The first-order valence-corrected chi connectivity index (χ1v) is 12.8. The molecular weight excluding hydrogens is 468 g/mol. The molecule has 4 fully saturated rings. The minimum Gasteiger partial charge on any atom is -0.458 e. The SMILES string of the molecule is C=C1C[C@@H]2O[C@@H]([C@H]3[C@H](C(C)C)[C@@H](OC(C)=O)[C@@H](OC(C)=O)[C@](C)(OC(C)=O)[C@H]32)[C@@]2(C)CC[C@]1(OC)O2. The molecule has 0 radical (unpaired) electrons. The third kappa shape index (κ3) is 4.07. The lowest BCUT2D eigenvalue weighted by Crippen LogP contribution is -2.69. The van der Waals surface area contributed by atoms with Crippen molar-refractivity contribution in [1.82, 2.24) is 0 Å². The lowest BCUT2D eigenvalue weighted by atomic mass is 9.55. The Morgan fingerprint density at radius 3 is 2.19 bits per heavy atom. The van der Waals surface area contributed by atoms with E-state index in [1.165, 1.54) is 20.8 Å². The van der Waals surface area contributed by atoms with Crippen molar-refractivity contribution in [2.24, 2.45) is 23.7 Å². The van der Waals surface area contributed by atoms with E-state index in [9.17, 15) is 14.4 Å². The van der Waals surface area contributed by atoms with Gasteiger partial charge < -0.3 is 28.4 Å². The molecule has 0 aromatic heterocycles. The van der Waals surface area contributed by atoms with Crippen molar-refractivity contribution in [2.45, 2.75) is 109 Å². The zero-order valence-electron chi connectivity index (χ0n) is 22.6. The Morgan fingerprint density at radius 1 is 1.03 bits per heavy atom. The number of methoxy groups -OCH3 is 1. The average molecular weight is 509 g/mol. The summed E-state index contributed by atoms with van der Waals surface area (Å²) in [6.45, 7) is 16.2. The highest BCUT2D eigenvalue weighted by molar-refractivity contribution is 5.69. The Balaban J connectivity index is 1.94. The molecule has 4 aliphatic rings. The average Bonchev–Trinajstić information content (AvgIpc) is 3.31. The minimum absolute atomic E-state index is 0.0211. The molecule has 0 N–H and O–H groups in total. The van der Waals surface area contributed by atoms with E-state index in [1.807, 2.05) is 6.92 Å². The third-order valence-electron chi connectivity index (χ3n) is 8.83. The molecule has 9 nitrogen and oxygen atoms in total. The van der Waals surface area contributed by atoms with Crippen LogP contribution in [0, 0.1) is 23.7 Å². The molecule has 1 saturated carbocycles. The van der Waals surface area contributed by atoms with Gasteiger partial charge in [0.15, 0.2) is 17.5 Å². The number of rotatable bonds is 5. The van der Waals surface area contributed by atoms with Crippen molar-refractivity contribution in [3.8, 4) is 0 Å². The second-order valence-corrected chi connectivity index (χ2v) is 11.6. The van der Waals surface area contributed by atoms with Crippen LogP contribution in [0.2, 0.25) is 0 Å². The molecule has 1 aliphatic carbocycles. The van der Waals surface area contributed by atoms with Crippen LogP contribution in [0.3, 0.4) is 0 Å². The van der Waals surface area contributed by atoms with Crippen LogP contribution < -0.4 is 0 Å². The molecule has 3 heterocycles. The minimum atomic E-state index is -1.33. The molecule has 4 rings (SSSR count). The van der Waals surface area contributed by atoms with E-state index in [4.69, 9.17) is 28.4 Å². The molecule has 0 amide bonds. The summed E-state index contributed by atoms with van der Waals surface area (Å²) in [5, 5.41) is 0. The molecule has 202 valence electrons. The molecular formula is C27H40O9. The lowest BCUT2D eigenvalue weighted by Gasteiger charge is -2.55. The fraction of sp³-hybridized carbons (Fsp3) is 0.815. The van der Waals surface area contributed by atoms with Crippen LogP contribution in [0.4, 0.5) is 0 Å². The molecule has 0 aromatic rings. The van der Waals surface area contributed by atoms with Crippen LogP contribution >= 0.6 is 0 Å². The second-order valence-electron chi connectivity index (χ2n) is 11.6. The molecule has 3 saturated heterocycles. The largest absolute Gasteiger partial charge is 0.458 e. The highest BCUT2D eigenvalue weighted by atomic mass is 16.7. The van der Waals surface area contributed by atoms with Crippen molar-refractivity contribution in [2.75, 3.05) is 7.11 Å². The number of carbonyl (C=O) groups excluding carboxylic acids is 3. The van der Waals surface area contributed by atoms with E-state index in [0.717, 1.165) is 5.57 Å². The van der Waals surface area contributed by atoms with E-state index in [2.05, 4.69) is 20.4 Å². The molecule has 0 aromatic carbocycles. The van der Waals surface area contributed by atoms with Crippen LogP contribution in [0.1, 0.15) is 67.7 Å². The van der Waals surface area contributed by atoms with Gasteiger partial charge in [-0.15, -0.1) is 0 Å². The fourth-order valence-electron chi connectivity index (χ4n) is 7.64. The number of esters is 3. The summed E-state index contributed by atoms with van der Waals surface area (Å²) in [6.07, 6.45) is -0.892. The molecule has 0 spiro atoms. The summed E-state index contributed by atoms with van der Waals surface area (Å²) in [7, 11) is 1.63. The Bertz CT molecular complexity index is 946. The monoisotopic (exact) mass is 508 g/mol. The predicted octanol–water partition coefficient (Wildman–Crippen LogP) is 3.33. The Labute approximate surface area is 213 Å². The van der Waals surface area contributed by atoms with Crippen LogP contribution in [0.5, 0.6) is 0 Å². The number of fused-ring (bicyclic) bond motifs is 8. The van der Waals surface area contributed by atoms with Crippen molar-refractivity contribution in [3.05, 3.63) is 12.2 Å². The number of ether oxygens (including phenoxy) is 6. The number of hydrogen-bond acceptors (Lipinski definition) is 9. The molecule has 9 heteroatoms. The molecule has 0 unspecified atom stereocenters. The third-order valence-corrected chi connectivity index (χ3v) is 8.83. The van der Waals surface area contributed by atoms with Gasteiger partial charge in [0.05, 0.1) is 17.8 Å². The van der Waals surface area contributed by atoms with Gasteiger partial charge in [0.2, 0.25) is 0 Å². The van der Waals surface area contributed by atoms with E-state index >= 15 is 0 Å². The van der Waals surface area contributed by atoms with Gasteiger partial charge in [-0.05, 0) is 38.2 Å². The van der Waals surface area contributed by atoms with E-state index < -0.39 is 59.3 Å². The predicted molar refractivity (Wildman–Crippen MR) is 127 cm³/mol. The zero-order valence-corrected chi connectivity index (χ0v) is 22.6. The van der Waals surface area contributed by atoms with Crippen molar-refractivity contribution in [3.63, 3.8) is 0 Å². The molecule has 10 atom stereocenters. The summed E-state index contributed by atoms with van der Waals surface area (Å²) in [6, 6.07) is 0. The van der Waals surface area contributed by atoms with Crippen LogP contribution in [-0.2, 0) is 42.8 Å². The summed E-state index contributed by atoms with van der Waals surface area (Å²) in [4.78, 5) is 37.1. The zero-order chi connectivity index (χ0) is 26.8. The maximum Gasteiger partial charge on any atom is 0.303 e. The lowest BCUT2D eigenvalue weighted by molar-refractivity contribution is -0.258. The van der Waals surface area contributed by atoms with Gasteiger partial charge in [-0.25, -0.2) is 0 Å². The van der Waals surface area contributed by atoms with Gasteiger partial charge in [-0.1, -0.05) is 20.4 Å². The number of hydrogen-bond donors (Lipinski definition) is 0. The molecule has 3 aliphatic heterocycles. The number of carbonyl (C=O) groups is 3. The van der Waals surface area contributed by atoms with E-state index in [0.29, 0.717) is 19.3 Å². The molecule has 4 bridgehead atoms. The first-order valence-electron chi connectivity index (χ1n) is 12.8. The quantitative estimate of drug-likeness (QED) is 0.314. The van der Waals surface area contributed by atoms with Crippen molar-refractivity contribution in [1.29, 1.82) is 0 Å². The standard InChI is InChI=1S/C27H40O9/c1-13(2)19-20-21(18-12-14(3)27(31-9)11-10-25(7,36-27)23(20)34-18)26(8,35-17(6)30)24(33-16(5)29)22(19)32-15(4)28/h13,18-24H,3,10-12H2,1-2,4-9H3/t18-,19-,20-,21-,22+,23-,24+,25+,26+,27-/m0/s1. The summed E-state index contributed by atoms with van der Waals surface area (Å²) < 4.78 is 37.1. The maximum atomic E-state index is 12.5. The second kappa shape index (κ2) is 9.10. The van der Waals surface area contributed by atoms with Gasteiger partial charge >= 0.3 is 17.9 Å². The first-order chi connectivity index (χ1) is 16.7. The van der Waals surface area contributed by atoms with Gasteiger partial charge in [0.1, 0.15) is 6.10 Å². The normalized spacial score (nSPS) is 45.5. The van der Waals surface area contributed by atoms with Crippen LogP contribution in [0.25, 0.3) is 0 Å². The maximum absolute atomic E-state index is 12.5. The highest BCUT2D eigenvalue weighted by Gasteiger charge is 2.73. The topological polar surface area (TPSA) is 107 Å². The van der Waals surface area contributed by atoms with Gasteiger partial charge in [-0.2, -0.15) is 0 Å². The van der Waals surface area contributed by atoms with Crippen LogP contribution in [0.15, 0.2) is 12.2 Å². The van der Waals surface area contributed by atoms with Crippen LogP contribution in [-0.4, -0.2) is 66.4 Å². The van der Waals surface area contributed by atoms with Gasteiger partial charge in [-0.3, -0.25) is 14.4 Å². The summed E-state index contributed by atoms with van der Waals surface area (Å²) in [5.41, 5.74) is -1.28. The highest BCUT2D eigenvalue weighted by Crippen LogP contribution is 2.62. The summed E-state index contributed by atoms with van der Waals surface area (Å²) >= 11 is 0. The van der Waals surface area contributed by atoms with Crippen molar-refractivity contribution >= 4 is 17.9 Å². The van der Waals surface area contributed by atoms with Crippen molar-refractivity contribution < 1.29 is 42.8 Å². The van der Waals surface area contributed by atoms with E-state index in [1.54, 1.807) is 14.0 Å². The van der Waals surface area contributed by atoms with Gasteiger partial charge in [0, 0.05) is 52.1 Å². The Kier molecular flexibility index (Phi) is 6.84. The summed E-state index contributed by atoms with van der Waals surface area (Å²) in [5.74, 6) is -3.33. The Morgan fingerprint density at radius 2 is 1.67 bits per heavy atom. The van der Waals surface area contributed by atoms with E-state index in [-0.39, 0.29) is 23.7 Å². The smallest absolute Gasteiger partial charge is 0.303 e.